The Kier molecular flexibility index (Phi) is 4.20. The highest BCUT2D eigenvalue weighted by molar-refractivity contribution is 7.13. The predicted octanol–water partition coefficient (Wildman–Crippen LogP) is 2.79. The summed E-state index contributed by atoms with van der Waals surface area (Å²) in [5.41, 5.74) is -2.91. The zero-order chi connectivity index (χ0) is 19.2. The molecule has 10 heteroatoms. The van der Waals surface area contributed by atoms with E-state index >= 15 is 0 Å². The maximum Gasteiger partial charge on any atom is 0.431 e. The van der Waals surface area contributed by atoms with Crippen molar-refractivity contribution in [2.24, 2.45) is 7.05 Å². The summed E-state index contributed by atoms with van der Waals surface area (Å²) in [7, 11) is 0.953. The van der Waals surface area contributed by atoms with Crippen LogP contribution in [0.2, 0.25) is 0 Å². The summed E-state index contributed by atoms with van der Waals surface area (Å²) >= 11 is 1.16. The first-order chi connectivity index (χ1) is 12.1. The van der Waals surface area contributed by atoms with Crippen molar-refractivity contribution in [3.8, 4) is 11.8 Å². The lowest BCUT2D eigenvalue weighted by atomic mass is 10.1. The number of alkyl halides is 3. The van der Waals surface area contributed by atoms with Crippen LogP contribution in [0.1, 0.15) is 24.2 Å². The van der Waals surface area contributed by atoms with Crippen LogP contribution in [-0.2, 0) is 13.2 Å². The van der Waals surface area contributed by atoms with Crippen molar-refractivity contribution in [1.29, 1.82) is 5.26 Å². The van der Waals surface area contributed by atoms with Gasteiger partial charge in [-0.25, -0.2) is 9.36 Å². The minimum Gasteiger partial charge on any atom is -0.292 e. The quantitative estimate of drug-likeness (QED) is 0.685. The number of benzene rings is 1. The molecule has 0 fully saturated rings. The van der Waals surface area contributed by atoms with Crippen molar-refractivity contribution in [2.75, 3.05) is 0 Å². The summed E-state index contributed by atoms with van der Waals surface area (Å²) in [6.45, 7) is 1.66. The number of hydrogen-bond donors (Lipinski definition) is 0. The van der Waals surface area contributed by atoms with Gasteiger partial charge in [0.1, 0.15) is 5.69 Å². The molecule has 0 bridgehead atoms. The second kappa shape index (κ2) is 6.10. The third-order valence-electron chi connectivity index (χ3n) is 3.95. The van der Waals surface area contributed by atoms with Crippen molar-refractivity contribution >= 4 is 21.6 Å². The van der Waals surface area contributed by atoms with Gasteiger partial charge in [-0.15, -0.1) is 0 Å². The Bertz CT molecular complexity index is 1170. The number of rotatable bonds is 2. The highest BCUT2D eigenvalue weighted by Gasteiger charge is 2.35. The topological polar surface area (TPSA) is 80.7 Å². The van der Waals surface area contributed by atoms with E-state index < -0.39 is 29.0 Å². The fraction of sp³-hybridized carbons (Fsp3) is 0.250. The van der Waals surface area contributed by atoms with E-state index in [9.17, 15) is 22.8 Å². The predicted molar refractivity (Wildman–Crippen MR) is 89.5 cm³/mol. The summed E-state index contributed by atoms with van der Waals surface area (Å²) in [6, 6.07) is 7.00. The number of fused-ring (bicyclic) bond motifs is 1. The molecule has 0 saturated carbocycles. The van der Waals surface area contributed by atoms with Gasteiger partial charge in [0.05, 0.1) is 28.1 Å². The molecule has 1 atom stereocenters. The van der Waals surface area contributed by atoms with Gasteiger partial charge < -0.3 is 0 Å². The average Bonchev–Trinajstić information content (AvgIpc) is 3.00. The first-order valence-corrected chi connectivity index (χ1v) is 8.12. The highest BCUT2D eigenvalue weighted by Crippen LogP contribution is 2.30. The van der Waals surface area contributed by atoms with E-state index in [4.69, 9.17) is 5.26 Å². The molecule has 1 aromatic carbocycles. The molecule has 3 rings (SSSR count). The maximum absolute atomic E-state index is 12.9. The second-order valence-electron chi connectivity index (χ2n) is 5.64. The molecule has 134 valence electrons. The summed E-state index contributed by atoms with van der Waals surface area (Å²) in [6.07, 6.45) is -4.82. The molecule has 0 radical (unpaired) electrons. The summed E-state index contributed by atoms with van der Waals surface area (Å²) < 4.78 is 44.8. The van der Waals surface area contributed by atoms with Gasteiger partial charge in [-0.1, -0.05) is 0 Å². The molecule has 2 aromatic heterocycles. The van der Waals surface area contributed by atoms with Gasteiger partial charge in [0.25, 0.3) is 5.56 Å². The first-order valence-electron chi connectivity index (χ1n) is 7.34. The lowest BCUT2D eigenvalue weighted by molar-refractivity contribution is -0.144. The van der Waals surface area contributed by atoms with Crippen LogP contribution >= 0.6 is 11.5 Å². The zero-order valence-corrected chi connectivity index (χ0v) is 14.4. The van der Waals surface area contributed by atoms with Crippen molar-refractivity contribution < 1.29 is 13.2 Å². The third kappa shape index (κ3) is 2.80. The smallest absolute Gasteiger partial charge is 0.292 e. The normalized spacial score (nSPS) is 12.9. The standard InChI is InChI=1S/C16H11F3N4O2S/c1-8(7-20)14-10-5-9(3-4-11(10)26-21-14)23-13(24)6-12(16(17,18)19)22(2)15(23)25/h3-6,8H,1-2H3. The molecule has 26 heavy (non-hydrogen) atoms. The molecule has 0 aliphatic rings. The Morgan fingerprint density at radius 3 is 2.58 bits per heavy atom. The molecule has 0 amide bonds. The zero-order valence-electron chi connectivity index (χ0n) is 13.5. The van der Waals surface area contributed by atoms with Gasteiger partial charge in [0.2, 0.25) is 0 Å². The van der Waals surface area contributed by atoms with E-state index in [2.05, 4.69) is 10.4 Å². The van der Waals surface area contributed by atoms with Crippen molar-refractivity contribution in [3.05, 3.63) is 56.5 Å². The van der Waals surface area contributed by atoms with Crippen LogP contribution in [0, 0.1) is 11.3 Å². The van der Waals surface area contributed by atoms with E-state index in [1.165, 1.54) is 12.1 Å². The summed E-state index contributed by atoms with van der Waals surface area (Å²) in [5.74, 6) is -0.508. The molecular formula is C16H11F3N4O2S. The molecule has 0 aliphatic heterocycles. The molecule has 0 aliphatic carbocycles. The molecule has 0 saturated heterocycles. The number of hydrogen-bond acceptors (Lipinski definition) is 5. The van der Waals surface area contributed by atoms with Crippen LogP contribution < -0.4 is 11.2 Å². The van der Waals surface area contributed by atoms with Gasteiger partial charge in [-0.05, 0) is 36.7 Å². The van der Waals surface area contributed by atoms with Crippen molar-refractivity contribution in [3.63, 3.8) is 0 Å². The lowest BCUT2D eigenvalue weighted by Gasteiger charge is -2.14. The van der Waals surface area contributed by atoms with Crippen molar-refractivity contribution in [1.82, 2.24) is 13.5 Å². The largest absolute Gasteiger partial charge is 0.431 e. The Hall–Kier alpha value is -2.93. The van der Waals surface area contributed by atoms with E-state index in [0.29, 0.717) is 26.3 Å². The lowest BCUT2D eigenvalue weighted by Crippen LogP contribution is -2.40. The first kappa shape index (κ1) is 17.9. The van der Waals surface area contributed by atoms with Gasteiger partial charge >= 0.3 is 11.9 Å². The number of halogens is 3. The monoisotopic (exact) mass is 380 g/mol. The van der Waals surface area contributed by atoms with Gasteiger partial charge in [0.15, 0.2) is 0 Å². The Balaban J connectivity index is 2.28. The fourth-order valence-electron chi connectivity index (χ4n) is 2.59. The highest BCUT2D eigenvalue weighted by atomic mass is 32.1. The molecule has 0 spiro atoms. The number of nitriles is 1. The van der Waals surface area contributed by atoms with Crippen LogP contribution in [0.25, 0.3) is 15.8 Å². The number of nitrogens with zero attached hydrogens (tertiary/aromatic N) is 4. The van der Waals surface area contributed by atoms with Gasteiger partial charge in [-0.3, -0.25) is 9.36 Å². The van der Waals surface area contributed by atoms with Crippen LogP contribution in [0.15, 0.2) is 33.9 Å². The van der Waals surface area contributed by atoms with Gasteiger partial charge in [-0.2, -0.15) is 22.8 Å². The van der Waals surface area contributed by atoms with Crippen LogP contribution in [-0.4, -0.2) is 13.5 Å². The molecule has 3 aromatic rings. The molecule has 1 unspecified atom stereocenters. The van der Waals surface area contributed by atoms with Crippen LogP contribution in [0.4, 0.5) is 13.2 Å². The molecule has 6 nitrogen and oxygen atoms in total. The Morgan fingerprint density at radius 1 is 1.27 bits per heavy atom. The van der Waals surface area contributed by atoms with Crippen molar-refractivity contribution in [2.45, 2.75) is 19.0 Å². The maximum atomic E-state index is 12.9. The minimum atomic E-state index is -4.82. The second-order valence-corrected chi connectivity index (χ2v) is 6.45. The fourth-order valence-corrected chi connectivity index (χ4v) is 3.44. The summed E-state index contributed by atoms with van der Waals surface area (Å²) in [4.78, 5) is 24.6. The van der Waals surface area contributed by atoms with Gasteiger partial charge in [0, 0.05) is 18.5 Å². The Labute approximate surface area is 148 Å². The molecule has 2 heterocycles. The average molecular weight is 380 g/mol. The number of aromatic nitrogens is 3. The van der Waals surface area contributed by atoms with E-state index in [1.54, 1.807) is 13.0 Å². The molecular weight excluding hydrogens is 369 g/mol. The summed E-state index contributed by atoms with van der Waals surface area (Å²) in [5, 5.41) is 9.66. The van der Waals surface area contributed by atoms with Crippen LogP contribution in [0.3, 0.4) is 0 Å². The van der Waals surface area contributed by atoms with E-state index in [-0.39, 0.29) is 5.69 Å². The van der Waals surface area contributed by atoms with E-state index in [0.717, 1.165) is 23.3 Å². The third-order valence-corrected chi connectivity index (χ3v) is 4.79. The molecule has 0 N–H and O–H groups in total. The SMILES string of the molecule is CC(C#N)c1nsc2ccc(-n3c(=O)cc(C(F)(F)F)n(C)c3=O)cc12. The van der Waals surface area contributed by atoms with Crippen LogP contribution in [0.5, 0.6) is 0 Å². The minimum absolute atomic E-state index is 0.114. The van der Waals surface area contributed by atoms with E-state index in [1.807, 2.05) is 0 Å². The Morgan fingerprint density at radius 2 is 1.96 bits per heavy atom.